The van der Waals surface area contributed by atoms with Crippen molar-refractivity contribution in [3.05, 3.63) is 24.3 Å². The van der Waals surface area contributed by atoms with E-state index in [2.05, 4.69) is 5.32 Å². The van der Waals surface area contributed by atoms with Crippen molar-refractivity contribution in [2.75, 3.05) is 5.32 Å². The topological polar surface area (TPSA) is 89.3 Å². The summed E-state index contributed by atoms with van der Waals surface area (Å²) in [6.07, 6.45) is 0. The second-order valence-corrected chi connectivity index (χ2v) is 6.33. The third kappa shape index (κ3) is 3.51. The molecule has 0 heterocycles. The number of hydrogen-bond acceptors (Lipinski definition) is 4. The van der Waals surface area contributed by atoms with Gasteiger partial charge in [0.2, 0.25) is 15.7 Å². The quantitative estimate of drug-likeness (QED) is 0.865. The van der Waals surface area contributed by atoms with Crippen LogP contribution in [0.2, 0.25) is 0 Å². The Balaban J connectivity index is 3.13. The van der Waals surface area contributed by atoms with E-state index in [4.69, 9.17) is 5.73 Å². The molecule has 1 rings (SSSR count). The summed E-state index contributed by atoms with van der Waals surface area (Å²) in [6.45, 7) is 3.18. The van der Waals surface area contributed by atoms with E-state index in [9.17, 15) is 22.0 Å². The van der Waals surface area contributed by atoms with Crippen LogP contribution in [0.3, 0.4) is 0 Å². The van der Waals surface area contributed by atoms with Crippen LogP contribution in [-0.4, -0.2) is 26.1 Å². The predicted octanol–water partition coefficient (Wildman–Crippen LogP) is 1.60. The average molecular weight is 306 g/mol. The van der Waals surface area contributed by atoms with E-state index < -0.39 is 38.4 Å². The molecular formula is C12H16F2N2O3S. The van der Waals surface area contributed by atoms with Gasteiger partial charge in [-0.05, 0) is 19.1 Å². The fourth-order valence-electron chi connectivity index (χ4n) is 1.40. The number of hydrogen-bond donors (Lipinski definition) is 2. The number of rotatable bonds is 5. The predicted molar refractivity (Wildman–Crippen MR) is 71.1 cm³/mol. The lowest BCUT2D eigenvalue weighted by Crippen LogP contribution is -2.34. The first-order valence-electron chi connectivity index (χ1n) is 5.85. The largest absolute Gasteiger partial charge is 0.341 e. The van der Waals surface area contributed by atoms with E-state index in [1.165, 1.54) is 18.2 Å². The third-order valence-electron chi connectivity index (χ3n) is 2.89. The van der Waals surface area contributed by atoms with E-state index in [0.717, 1.165) is 6.07 Å². The number of carbonyl (C=O) groups is 1. The maximum Gasteiger partial charge on any atom is 0.341 e. The molecule has 1 aromatic rings. The van der Waals surface area contributed by atoms with E-state index in [0.29, 0.717) is 0 Å². The number of sulfone groups is 1. The zero-order valence-electron chi connectivity index (χ0n) is 11.0. The summed E-state index contributed by atoms with van der Waals surface area (Å²) in [6, 6.07) is 4.57. The molecule has 8 heteroatoms. The Labute approximate surface area is 116 Å². The summed E-state index contributed by atoms with van der Waals surface area (Å²) in [5.41, 5.74) is 5.39. The zero-order valence-corrected chi connectivity index (χ0v) is 11.8. The summed E-state index contributed by atoms with van der Waals surface area (Å²) in [4.78, 5) is 11.2. The van der Waals surface area contributed by atoms with E-state index >= 15 is 0 Å². The standard InChI is InChI=1S/C12H16F2N2O3S/c1-7(8(2)15)11(17)16-9-5-3-4-6-10(9)20(18,19)12(13)14/h3-8,12H,15H2,1-2H3,(H,16,17). The Kier molecular flexibility index (Phi) is 5.18. The molecule has 0 saturated heterocycles. The number of alkyl halides is 2. The highest BCUT2D eigenvalue weighted by molar-refractivity contribution is 7.91. The number of amides is 1. The minimum absolute atomic E-state index is 0.176. The van der Waals surface area contributed by atoms with Gasteiger partial charge in [0.15, 0.2) is 0 Å². The lowest BCUT2D eigenvalue weighted by molar-refractivity contribution is -0.119. The molecule has 112 valence electrons. The summed E-state index contributed by atoms with van der Waals surface area (Å²) in [5, 5.41) is 2.32. The summed E-state index contributed by atoms with van der Waals surface area (Å²) in [5.74, 6) is -4.67. The molecule has 1 amide bonds. The van der Waals surface area contributed by atoms with Crippen molar-refractivity contribution in [2.24, 2.45) is 11.7 Å². The molecule has 0 bridgehead atoms. The van der Waals surface area contributed by atoms with Crippen LogP contribution in [0.5, 0.6) is 0 Å². The number of anilines is 1. The molecule has 2 atom stereocenters. The fourth-order valence-corrected chi connectivity index (χ4v) is 2.29. The fraction of sp³-hybridized carbons (Fsp3) is 0.417. The number of para-hydroxylation sites is 1. The van der Waals surface area contributed by atoms with Gasteiger partial charge in [-0.25, -0.2) is 8.42 Å². The maximum absolute atomic E-state index is 12.6. The Morgan fingerprint density at radius 2 is 1.80 bits per heavy atom. The minimum Gasteiger partial charge on any atom is -0.327 e. The van der Waals surface area contributed by atoms with Gasteiger partial charge in [0.25, 0.3) is 0 Å². The smallest absolute Gasteiger partial charge is 0.327 e. The number of nitrogens with one attached hydrogen (secondary N) is 1. The summed E-state index contributed by atoms with van der Waals surface area (Å²) in [7, 11) is -4.78. The molecule has 0 radical (unpaired) electrons. The van der Waals surface area contributed by atoms with Gasteiger partial charge in [0.05, 0.1) is 16.5 Å². The Bertz CT molecular complexity index is 588. The van der Waals surface area contributed by atoms with Gasteiger partial charge < -0.3 is 11.1 Å². The van der Waals surface area contributed by atoms with Crippen molar-refractivity contribution < 1.29 is 22.0 Å². The van der Waals surface area contributed by atoms with Crippen LogP contribution < -0.4 is 11.1 Å². The average Bonchev–Trinajstić information content (AvgIpc) is 2.37. The molecule has 0 fully saturated rings. The van der Waals surface area contributed by atoms with Crippen molar-refractivity contribution in [2.45, 2.75) is 30.5 Å². The number of halogens is 2. The first kappa shape index (κ1) is 16.5. The molecular weight excluding hydrogens is 290 g/mol. The maximum atomic E-state index is 12.6. The van der Waals surface area contributed by atoms with Crippen LogP contribution in [-0.2, 0) is 14.6 Å². The number of nitrogens with two attached hydrogens (primary N) is 1. The van der Waals surface area contributed by atoms with Gasteiger partial charge >= 0.3 is 5.76 Å². The Hall–Kier alpha value is -1.54. The van der Waals surface area contributed by atoms with Crippen LogP contribution in [0.15, 0.2) is 29.2 Å². The van der Waals surface area contributed by atoms with Gasteiger partial charge in [0.1, 0.15) is 0 Å². The first-order chi connectivity index (χ1) is 9.17. The molecule has 0 saturated carbocycles. The molecule has 5 nitrogen and oxygen atoms in total. The molecule has 0 aliphatic rings. The Morgan fingerprint density at radius 3 is 2.30 bits per heavy atom. The van der Waals surface area contributed by atoms with Crippen LogP contribution in [0, 0.1) is 5.92 Å². The van der Waals surface area contributed by atoms with Crippen molar-refractivity contribution in [1.29, 1.82) is 0 Å². The van der Waals surface area contributed by atoms with Crippen molar-refractivity contribution in [3.63, 3.8) is 0 Å². The van der Waals surface area contributed by atoms with Gasteiger partial charge in [-0.15, -0.1) is 0 Å². The van der Waals surface area contributed by atoms with Crippen molar-refractivity contribution >= 4 is 21.4 Å². The second-order valence-electron chi connectivity index (χ2n) is 4.44. The van der Waals surface area contributed by atoms with Crippen LogP contribution >= 0.6 is 0 Å². The zero-order chi connectivity index (χ0) is 15.5. The molecule has 20 heavy (non-hydrogen) atoms. The van der Waals surface area contributed by atoms with Crippen LogP contribution in [0.1, 0.15) is 13.8 Å². The SMILES string of the molecule is CC(N)C(C)C(=O)Nc1ccccc1S(=O)(=O)C(F)F. The first-order valence-corrected chi connectivity index (χ1v) is 7.40. The molecule has 0 aliphatic carbocycles. The van der Waals surface area contributed by atoms with E-state index in [-0.39, 0.29) is 5.69 Å². The lowest BCUT2D eigenvalue weighted by Gasteiger charge is -2.17. The minimum atomic E-state index is -4.78. The highest BCUT2D eigenvalue weighted by Gasteiger charge is 2.30. The van der Waals surface area contributed by atoms with Crippen molar-refractivity contribution in [1.82, 2.24) is 0 Å². The number of benzene rings is 1. The van der Waals surface area contributed by atoms with Crippen LogP contribution in [0.4, 0.5) is 14.5 Å². The monoisotopic (exact) mass is 306 g/mol. The highest BCUT2D eigenvalue weighted by atomic mass is 32.2. The van der Waals surface area contributed by atoms with Gasteiger partial charge in [0, 0.05) is 6.04 Å². The third-order valence-corrected chi connectivity index (χ3v) is 4.33. The van der Waals surface area contributed by atoms with Gasteiger partial charge in [-0.1, -0.05) is 19.1 Å². The van der Waals surface area contributed by atoms with Gasteiger partial charge in [-0.2, -0.15) is 8.78 Å². The molecule has 2 unspecified atom stereocenters. The second kappa shape index (κ2) is 6.27. The molecule has 1 aromatic carbocycles. The number of carbonyl (C=O) groups excluding carboxylic acids is 1. The Morgan fingerprint density at radius 1 is 1.25 bits per heavy atom. The van der Waals surface area contributed by atoms with E-state index in [1.54, 1.807) is 13.8 Å². The van der Waals surface area contributed by atoms with Gasteiger partial charge in [-0.3, -0.25) is 4.79 Å². The molecule has 0 aromatic heterocycles. The van der Waals surface area contributed by atoms with Crippen molar-refractivity contribution in [3.8, 4) is 0 Å². The lowest BCUT2D eigenvalue weighted by atomic mass is 10.0. The molecule has 0 aliphatic heterocycles. The highest BCUT2D eigenvalue weighted by Crippen LogP contribution is 2.26. The normalized spacial score (nSPS) is 14.9. The van der Waals surface area contributed by atoms with Crippen LogP contribution in [0.25, 0.3) is 0 Å². The molecule has 3 N–H and O–H groups in total. The summed E-state index contributed by atoms with van der Waals surface area (Å²) >= 11 is 0. The van der Waals surface area contributed by atoms with E-state index in [1.807, 2.05) is 0 Å². The summed E-state index contributed by atoms with van der Waals surface area (Å²) < 4.78 is 48.2. The molecule has 0 spiro atoms.